The molecule has 1 aromatic rings. The van der Waals surface area contributed by atoms with Crippen molar-refractivity contribution in [1.29, 1.82) is 0 Å². The molecule has 0 aliphatic carbocycles. The van der Waals surface area contributed by atoms with Crippen LogP contribution in [-0.4, -0.2) is 59.3 Å². The fraction of sp³-hybridized carbons (Fsp3) is 0.500. The zero-order valence-corrected chi connectivity index (χ0v) is 13.5. The minimum absolute atomic E-state index is 0.0132. The molecule has 1 unspecified atom stereocenters. The first-order valence-corrected chi connectivity index (χ1v) is 8.06. The normalized spacial score (nSPS) is 20.5. The summed E-state index contributed by atoms with van der Waals surface area (Å²) in [4.78, 5) is 38.6. The lowest BCUT2D eigenvalue weighted by Crippen LogP contribution is -2.31. The minimum atomic E-state index is -0.540. The second kappa shape index (κ2) is 6.46. The molecule has 2 aliphatic rings. The van der Waals surface area contributed by atoms with Gasteiger partial charge in [-0.2, -0.15) is 0 Å². The van der Waals surface area contributed by atoms with Gasteiger partial charge in [0.25, 0.3) is 11.6 Å². The first-order valence-electron chi connectivity index (χ1n) is 8.06. The summed E-state index contributed by atoms with van der Waals surface area (Å²) in [5, 5.41) is 14.3. The van der Waals surface area contributed by atoms with Gasteiger partial charge in [-0.15, -0.1) is 0 Å². The molecule has 24 heavy (non-hydrogen) atoms. The van der Waals surface area contributed by atoms with E-state index in [4.69, 9.17) is 0 Å². The van der Waals surface area contributed by atoms with Crippen LogP contribution in [0.2, 0.25) is 0 Å². The van der Waals surface area contributed by atoms with E-state index in [2.05, 4.69) is 5.32 Å². The van der Waals surface area contributed by atoms with Crippen LogP contribution < -0.4 is 5.32 Å². The van der Waals surface area contributed by atoms with Crippen LogP contribution in [-0.2, 0) is 4.79 Å². The van der Waals surface area contributed by atoms with E-state index in [1.165, 1.54) is 12.1 Å². The topological polar surface area (TPSA) is 95.8 Å². The van der Waals surface area contributed by atoms with Crippen LogP contribution in [0.4, 0.5) is 11.4 Å². The number of likely N-dealkylation sites (tertiary alicyclic amines) is 2. The van der Waals surface area contributed by atoms with Crippen LogP contribution in [0.5, 0.6) is 0 Å². The van der Waals surface area contributed by atoms with Crippen molar-refractivity contribution in [1.82, 2.24) is 9.80 Å². The summed E-state index contributed by atoms with van der Waals surface area (Å²) in [7, 11) is 1.74. The summed E-state index contributed by atoms with van der Waals surface area (Å²) in [6.07, 6.45) is 2.50. The number of rotatable bonds is 4. The van der Waals surface area contributed by atoms with Crippen LogP contribution in [0.1, 0.15) is 29.6 Å². The number of likely N-dealkylation sites (N-methyl/N-ethyl adjacent to an activating group) is 1. The summed E-state index contributed by atoms with van der Waals surface area (Å²) < 4.78 is 0. The molecule has 128 valence electrons. The molecule has 1 atom stereocenters. The van der Waals surface area contributed by atoms with E-state index < -0.39 is 4.92 Å². The maximum Gasteiger partial charge on any atom is 0.282 e. The van der Waals surface area contributed by atoms with Gasteiger partial charge in [0, 0.05) is 38.4 Å². The standard InChI is InChI=1S/C16H20N4O4/c1-18-9-6-13(16(18)22)17-11-4-5-14(20(23)24)12(10-11)15(21)19-7-2-3-8-19/h4-5,10,13,17H,2-3,6-9H2,1H3. The fourth-order valence-electron chi connectivity index (χ4n) is 3.20. The van der Waals surface area contributed by atoms with E-state index in [-0.39, 0.29) is 29.1 Å². The van der Waals surface area contributed by atoms with Gasteiger partial charge >= 0.3 is 0 Å². The lowest BCUT2D eigenvalue weighted by Gasteiger charge is -2.17. The van der Waals surface area contributed by atoms with Crippen LogP contribution in [0.15, 0.2) is 18.2 Å². The third-order valence-electron chi connectivity index (χ3n) is 4.59. The lowest BCUT2D eigenvalue weighted by molar-refractivity contribution is -0.385. The molecule has 2 amide bonds. The highest BCUT2D eigenvalue weighted by molar-refractivity contribution is 5.99. The van der Waals surface area contributed by atoms with E-state index in [0.717, 1.165) is 12.8 Å². The van der Waals surface area contributed by atoms with Crippen LogP contribution in [0.25, 0.3) is 0 Å². The van der Waals surface area contributed by atoms with Gasteiger partial charge in [-0.05, 0) is 31.4 Å². The summed E-state index contributed by atoms with van der Waals surface area (Å²) in [5.74, 6) is -0.335. The average molecular weight is 332 g/mol. The highest BCUT2D eigenvalue weighted by atomic mass is 16.6. The van der Waals surface area contributed by atoms with Gasteiger partial charge in [-0.3, -0.25) is 19.7 Å². The van der Waals surface area contributed by atoms with Crippen molar-refractivity contribution < 1.29 is 14.5 Å². The first kappa shape index (κ1) is 16.2. The lowest BCUT2D eigenvalue weighted by atomic mass is 10.1. The van der Waals surface area contributed by atoms with Gasteiger partial charge in [-0.25, -0.2) is 0 Å². The molecule has 0 radical (unpaired) electrons. The number of hydrogen-bond donors (Lipinski definition) is 1. The maximum absolute atomic E-state index is 12.6. The third kappa shape index (κ3) is 3.04. The van der Waals surface area contributed by atoms with Gasteiger partial charge in [0.2, 0.25) is 5.91 Å². The largest absolute Gasteiger partial charge is 0.374 e. The predicted octanol–water partition coefficient (Wildman–Crippen LogP) is 1.47. The molecular weight excluding hydrogens is 312 g/mol. The van der Waals surface area contributed by atoms with Crippen molar-refractivity contribution >= 4 is 23.2 Å². The van der Waals surface area contributed by atoms with E-state index >= 15 is 0 Å². The number of nitrogens with zero attached hydrogens (tertiary/aromatic N) is 3. The Hall–Kier alpha value is -2.64. The van der Waals surface area contributed by atoms with Crippen molar-refractivity contribution in [3.63, 3.8) is 0 Å². The number of carbonyl (C=O) groups is 2. The number of nitro benzene ring substituents is 1. The van der Waals surface area contributed by atoms with Gasteiger partial charge in [0.1, 0.15) is 11.6 Å². The molecule has 2 saturated heterocycles. The molecule has 3 rings (SSSR count). The first-order chi connectivity index (χ1) is 11.5. The third-order valence-corrected chi connectivity index (χ3v) is 4.59. The number of anilines is 1. The number of nitrogens with one attached hydrogen (secondary N) is 1. The Balaban J connectivity index is 1.86. The Labute approximate surface area is 139 Å². The molecule has 8 nitrogen and oxygen atoms in total. The quantitative estimate of drug-likeness (QED) is 0.665. The Morgan fingerprint density at radius 3 is 2.58 bits per heavy atom. The van der Waals surface area contributed by atoms with E-state index in [0.29, 0.717) is 31.7 Å². The van der Waals surface area contributed by atoms with Gasteiger partial charge in [-0.1, -0.05) is 0 Å². The zero-order chi connectivity index (χ0) is 17.3. The monoisotopic (exact) mass is 332 g/mol. The second-order valence-electron chi connectivity index (χ2n) is 6.23. The molecule has 8 heteroatoms. The molecule has 0 spiro atoms. The second-order valence-corrected chi connectivity index (χ2v) is 6.23. The minimum Gasteiger partial charge on any atom is -0.374 e. The Morgan fingerprint density at radius 1 is 1.29 bits per heavy atom. The molecule has 0 bridgehead atoms. The summed E-state index contributed by atoms with van der Waals surface area (Å²) >= 11 is 0. The van der Waals surface area contributed by atoms with Crippen molar-refractivity contribution in [2.75, 3.05) is 32.0 Å². The van der Waals surface area contributed by atoms with Crippen molar-refractivity contribution in [2.24, 2.45) is 0 Å². The van der Waals surface area contributed by atoms with Gasteiger partial charge < -0.3 is 15.1 Å². The van der Waals surface area contributed by atoms with E-state index in [9.17, 15) is 19.7 Å². The number of nitro groups is 1. The summed E-state index contributed by atoms with van der Waals surface area (Å²) in [6, 6.07) is 4.01. The zero-order valence-electron chi connectivity index (χ0n) is 13.5. The average Bonchev–Trinajstić information content (AvgIpc) is 3.20. The smallest absolute Gasteiger partial charge is 0.282 e. The fourth-order valence-corrected chi connectivity index (χ4v) is 3.20. The molecular formula is C16H20N4O4. The highest BCUT2D eigenvalue weighted by Crippen LogP contribution is 2.27. The summed E-state index contributed by atoms with van der Waals surface area (Å²) in [5.41, 5.74) is 0.426. The Kier molecular flexibility index (Phi) is 4.37. The number of amides is 2. The molecule has 2 aliphatic heterocycles. The highest BCUT2D eigenvalue weighted by Gasteiger charge is 2.30. The van der Waals surface area contributed by atoms with Crippen LogP contribution in [0.3, 0.4) is 0 Å². The van der Waals surface area contributed by atoms with Gasteiger partial charge in [0.15, 0.2) is 0 Å². The van der Waals surface area contributed by atoms with E-state index in [1.807, 2.05) is 0 Å². The van der Waals surface area contributed by atoms with Crippen molar-refractivity contribution in [3.05, 3.63) is 33.9 Å². The van der Waals surface area contributed by atoms with Crippen molar-refractivity contribution in [2.45, 2.75) is 25.3 Å². The van der Waals surface area contributed by atoms with Crippen molar-refractivity contribution in [3.8, 4) is 0 Å². The number of carbonyl (C=O) groups excluding carboxylic acids is 2. The molecule has 2 fully saturated rings. The molecule has 2 heterocycles. The molecule has 0 saturated carbocycles. The molecule has 1 aromatic carbocycles. The summed E-state index contributed by atoms with van der Waals surface area (Å²) in [6.45, 7) is 1.92. The molecule has 1 N–H and O–H groups in total. The number of benzene rings is 1. The number of hydrogen-bond acceptors (Lipinski definition) is 5. The predicted molar refractivity (Wildman–Crippen MR) is 87.9 cm³/mol. The van der Waals surface area contributed by atoms with E-state index in [1.54, 1.807) is 22.9 Å². The SMILES string of the molecule is CN1CCC(Nc2ccc([N+](=O)[O-])c(C(=O)N3CCCC3)c2)C1=O. The Bertz CT molecular complexity index is 685. The van der Waals surface area contributed by atoms with Gasteiger partial charge in [0.05, 0.1) is 4.92 Å². The maximum atomic E-state index is 12.6. The van der Waals surface area contributed by atoms with Crippen LogP contribution >= 0.6 is 0 Å². The Morgan fingerprint density at radius 2 is 2.00 bits per heavy atom. The van der Waals surface area contributed by atoms with Crippen LogP contribution in [0, 0.1) is 10.1 Å². The molecule has 0 aromatic heterocycles.